The van der Waals surface area contributed by atoms with Crippen LogP contribution >= 0.6 is 11.8 Å². The van der Waals surface area contributed by atoms with Gasteiger partial charge in [0, 0.05) is 25.3 Å². The summed E-state index contributed by atoms with van der Waals surface area (Å²) in [6.07, 6.45) is 5.10. The monoisotopic (exact) mass is 230 g/mol. The highest BCUT2D eigenvalue weighted by atomic mass is 32.2. The molecular formula is C11H22N2OS. The van der Waals surface area contributed by atoms with Crippen LogP contribution in [0.3, 0.4) is 0 Å². The second-order valence-electron chi connectivity index (χ2n) is 4.61. The Morgan fingerprint density at radius 1 is 1.60 bits per heavy atom. The Bertz CT molecular complexity index is 203. The fourth-order valence-corrected chi connectivity index (χ4v) is 2.25. The van der Waals surface area contributed by atoms with Crippen molar-refractivity contribution >= 4 is 17.7 Å². The highest BCUT2D eigenvalue weighted by molar-refractivity contribution is 7.98. The van der Waals surface area contributed by atoms with Gasteiger partial charge < -0.3 is 10.6 Å². The maximum atomic E-state index is 11.4. The highest BCUT2D eigenvalue weighted by Gasteiger charge is 2.26. The van der Waals surface area contributed by atoms with Crippen molar-refractivity contribution in [2.24, 2.45) is 5.41 Å². The van der Waals surface area contributed by atoms with Gasteiger partial charge in [-0.15, -0.1) is 0 Å². The minimum atomic E-state index is 0.191. The molecule has 0 aromatic heterocycles. The molecule has 15 heavy (non-hydrogen) atoms. The SMILES string of the molecule is CSCCC(=O)NCC1(C)CCCNC1. The third-order valence-corrected chi connectivity index (χ3v) is 3.54. The molecule has 1 amide bonds. The van der Waals surface area contributed by atoms with Gasteiger partial charge in [0.2, 0.25) is 5.91 Å². The van der Waals surface area contributed by atoms with Crippen LogP contribution in [-0.2, 0) is 4.79 Å². The lowest BCUT2D eigenvalue weighted by Crippen LogP contribution is -2.45. The van der Waals surface area contributed by atoms with Crippen LogP contribution in [0.5, 0.6) is 0 Å². The smallest absolute Gasteiger partial charge is 0.220 e. The minimum Gasteiger partial charge on any atom is -0.355 e. The molecule has 0 radical (unpaired) electrons. The zero-order valence-corrected chi connectivity index (χ0v) is 10.6. The van der Waals surface area contributed by atoms with Crippen molar-refractivity contribution in [3.63, 3.8) is 0 Å². The zero-order valence-electron chi connectivity index (χ0n) is 9.77. The summed E-state index contributed by atoms with van der Waals surface area (Å²) >= 11 is 1.72. The van der Waals surface area contributed by atoms with Gasteiger partial charge in [-0.2, -0.15) is 11.8 Å². The Balaban J connectivity index is 2.19. The normalized spacial score (nSPS) is 26.3. The Kier molecular flexibility index (Phi) is 5.47. The van der Waals surface area contributed by atoms with E-state index in [1.165, 1.54) is 12.8 Å². The van der Waals surface area contributed by atoms with E-state index in [4.69, 9.17) is 0 Å². The Labute approximate surface area is 96.8 Å². The fourth-order valence-electron chi connectivity index (χ4n) is 1.86. The molecular weight excluding hydrogens is 208 g/mol. The van der Waals surface area contributed by atoms with Crippen LogP contribution in [0, 0.1) is 5.41 Å². The van der Waals surface area contributed by atoms with Crippen molar-refractivity contribution in [2.75, 3.05) is 31.6 Å². The van der Waals surface area contributed by atoms with E-state index in [1.54, 1.807) is 11.8 Å². The molecule has 4 heteroatoms. The largest absolute Gasteiger partial charge is 0.355 e. The molecule has 0 bridgehead atoms. The summed E-state index contributed by atoms with van der Waals surface area (Å²) in [7, 11) is 0. The van der Waals surface area contributed by atoms with Gasteiger partial charge in [0.05, 0.1) is 0 Å². The van der Waals surface area contributed by atoms with E-state index in [2.05, 4.69) is 17.6 Å². The topological polar surface area (TPSA) is 41.1 Å². The van der Waals surface area contributed by atoms with Gasteiger partial charge in [0.1, 0.15) is 0 Å². The summed E-state index contributed by atoms with van der Waals surface area (Å²) in [5.41, 5.74) is 0.257. The Hall–Kier alpha value is -0.220. The van der Waals surface area contributed by atoms with Crippen LogP contribution in [-0.4, -0.2) is 37.6 Å². The molecule has 1 saturated heterocycles. The van der Waals surface area contributed by atoms with E-state index in [0.717, 1.165) is 25.4 Å². The average Bonchev–Trinajstić information content (AvgIpc) is 2.25. The quantitative estimate of drug-likeness (QED) is 0.747. The van der Waals surface area contributed by atoms with E-state index < -0.39 is 0 Å². The van der Waals surface area contributed by atoms with Crippen LogP contribution in [0.2, 0.25) is 0 Å². The predicted octanol–water partition coefficient (Wildman–Crippen LogP) is 1.25. The van der Waals surface area contributed by atoms with Crippen LogP contribution < -0.4 is 10.6 Å². The van der Waals surface area contributed by atoms with Crippen molar-refractivity contribution in [1.82, 2.24) is 10.6 Å². The summed E-state index contributed by atoms with van der Waals surface area (Å²) < 4.78 is 0. The minimum absolute atomic E-state index is 0.191. The summed E-state index contributed by atoms with van der Waals surface area (Å²) in [6.45, 7) is 5.20. The molecule has 0 aliphatic carbocycles. The fraction of sp³-hybridized carbons (Fsp3) is 0.909. The molecule has 1 heterocycles. The molecule has 0 aromatic rings. The first-order chi connectivity index (χ1) is 7.16. The maximum Gasteiger partial charge on any atom is 0.220 e. The summed E-state index contributed by atoms with van der Waals surface area (Å²) in [5.74, 6) is 1.11. The van der Waals surface area contributed by atoms with E-state index in [1.807, 2.05) is 6.26 Å². The van der Waals surface area contributed by atoms with Crippen LogP contribution in [0.4, 0.5) is 0 Å². The van der Waals surface area contributed by atoms with Crippen LogP contribution in [0.15, 0.2) is 0 Å². The first kappa shape index (κ1) is 12.8. The molecule has 88 valence electrons. The maximum absolute atomic E-state index is 11.4. The molecule has 0 saturated carbocycles. The van der Waals surface area contributed by atoms with Crippen molar-refractivity contribution in [3.05, 3.63) is 0 Å². The van der Waals surface area contributed by atoms with E-state index in [-0.39, 0.29) is 11.3 Å². The number of hydrogen-bond acceptors (Lipinski definition) is 3. The number of carbonyl (C=O) groups is 1. The van der Waals surface area contributed by atoms with Crippen molar-refractivity contribution in [3.8, 4) is 0 Å². The highest BCUT2D eigenvalue weighted by Crippen LogP contribution is 2.24. The number of carbonyl (C=O) groups excluding carboxylic acids is 1. The zero-order chi connectivity index (χ0) is 11.1. The van der Waals surface area contributed by atoms with E-state index >= 15 is 0 Å². The molecule has 1 fully saturated rings. The molecule has 2 N–H and O–H groups in total. The first-order valence-corrected chi connectivity index (χ1v) is 7.02. The Morgan fingerprint density at radius 2 is 2.40 bits per heavy atom. The average molecular weight is 230 g/mol. The predicted molar refractivity (Wildman–Crippen MR) is 66.2 cm³/mol. The summed E-state index contributed by atoms with van der Waals surface area (Å²) in [5, 5.41) is 6.42. The molecule has 0 spiro atoms. The third-order valence-electron chi connectivity index (χ3n) is 2.93. The van der Waals surface area contributed by atoms with Crippen molar-refractivity contribution in [1.29, 1.82) is 0 Å². The summed E-state index contributed by atoms with van der Waals surface area (Å²) in [6, 6.07) is 0. The molecule has 0 aromatic carbocycles. The second-order valence-corrected chi connectivity index (χ2v) is 5.60. The lowest BCUT2D eigenvalue weighted by Gasteiger charge is -2.34. The lowest BCUT2D eigenvalue weighted by atomic mass is 9.83. The van der Waals surface area contributed by atoms with Gasteiger partial charge in [-0.05, 0) is 31.1 Å². The van der Waals surface area contributed by atoms with Crippen LogP contribution in [0.1, 0.15) is 26.2 Å². The van der Waals surface area contributed by atoms with Crippen molar-refractivity contribution < 1.29 is 4.79 Å². The molecule has 1 aliphatic heterocycles. The summed E-state index contributed by atoms with van der Waals surface area (Å²) in [4.78, 5) is 11.4. The second kappa shape index (κ2) is 6.38. The van der Waals surface area contributed by atoms with Crippen molar-refractivity contribution in [2.45, 2.75) is 26.2 Å². The molecule has 3 nitrogen and oxygen atoms in total. The molecule has 1 aliphatic rings. The Morgan fingerprint density at radius 3 is 3.00 bits per heavy atom. The first-order valence-electron chi connectivity index (χ1n) is 5.63. The van der Waals surface area contributed by atoms with E-state index in [0.29, 0.717) is 6.42 Å². The van der Waals surface area contributed by atoms with Gasteiger partial charge in [-0.25, -0.2) is 0 Å². The number of nitrogens with one attached hydrogen (secondary N) is 2. The molecule has 1 unspecified atom stereocenters. The molecule has 1 rings (SSSR count). The van der Waals surface area contributed by atoms with Gasteiger partial charge in [0.25, 0.3) is 0 Å². The lowest BCUT2D eigenvalue weighted by molar-refractivity contribution is -0.121. The number of rotatable bonds is 5. The molecule has 1 atom stereocenters. The van der Waals surface area contributed by atoms with Gasteiger partial charge in [-0.1, -0.05) is 6.92 Å². The third kappa shape index (κ3) is 4.89. The van der Waals surface area contributed by atoms with Gasteiger partial charge in [-0.3, -0.25) is 4.79 Å². The number of hydrogen-bond donors (Lipinski definition) is 2. The van der Waals surface area contributed by atoms with E-state index in [9.17, 15) is 4.79 Å². The van der Waals surface area contributed by atoms with Gasteiger partial charge >= 0.3 is 0 Å². The number of thioether (sulfide) groups is 1. The number of amides is 1. The van der Waals surface area contributed by atoms with Crippen LogP contribution in [0.25, 0.3) is 0 Å². The van der Waals surface area contributed by atoms with Gasteiger partial charge in [0.15, 0.2) is 0 Å². The number of piperidine rings is 1. The standard InChI is InChI=1S/C11H22N2OS/c1-11(5-3-6-12-8-11)9-13-10(14)4-7-15-2/h12H,3-9H2,1-2H3,(H,13,14).